The van der Waals surface area contributed by atoms with Gasteiger partial charge in [-0.05, 0) is 6.92 Å². The summed E-state index contributed by atoms with van der Waals surface area (Å²) in [5.74, 6) is -0.245. The van der Waals surface area contributed by atoms with Gasteiger partial charge < -0.3 is 9.47 Å². The molecule has 1 rings (SSSR count). The van der Waals surface area contributed by atoms with E-state index in [1.807, 2.05) is 0 Å². The summed E-state index contributed by atoms with van der Waals surface area (Å²) in [6.45, 7) is 5.52. The summed E-state index contributed by atoms with van der Waals surface area (Å²) in [5, 5.41) is 0. The molecule has 0 radical (unpaired) electrons. The molecule has 0 aromatic heterocycles. The maximum absolute atomic E-state index is 12.0. The molecule has 1 heterocycles. The Labute approximate surface area is 82.9 Å². The summed E-state index contributed by atoms with van der Waals surface area (Å²) in [6, 6.07) is 0. The van der Waals surface area contributed by atoms with E-state index in [-0.39, 0.29) is 12.0 Å². The molecule has 2 atom stereocenters. The van der Waals surface area contributed by atoms with E-state index in [0.717, 1.165) is 0 Å². The van der Waals surface area contributed by atoms with Gasteiger partial charge in [0.1, 0.15) is 0 Å². The summed E-state index contributed by atoms with van der Waals surface area (Å²) in [5.41, 5.74) is 0.382. The van der Waals surface area contributed by atoms with E-state index >= 15 is 0 Å². The molecule has 0 spiro atoms. The highest BCUT2D eigenvalue weighted by Gasteiger charge is 2.32. The van der Waals surface area contributed by atoms with E-state index < -0.39 is 12.6 Å². The summed E-state index contributed by atoms with van der Waals surface area (Å²) in [4.78, 5) is 11.0. The van der Waals surface area contributed by atoms with Crippen LogP contribution in [-0.2, 0) is 14.3 Å². The minimum Gasteiger partial charge on any atom is -0.462 e. The lowest BCUT2D eigenvalue weighted by atomic mass is 9.97. The second-order valence-corrected chi connectivity index (χ2v) is 3.49. The highest BCUT2D eigenvalue weighted by Crippen LogP contribution is 2.23. The molecule has 0 N–H and O–H groups in total. The molecule has 0 aromatic carbocycles. The maximum atomic E-state index is 12.0. The summed E-state index contributed by atoms with van der Waals surface area (Å²) >= 11 is 0. The lowest BCUT2D eigenvalue weighted by molar-refractivity contribution is -0.161. The van der Waals surface area contributed by atoms with Gasteiger partial charge in [0.2, 0.25) is 0 Å². The molecule has 3 nitrogen and oxygen atoms in total. The summed E-state index contributed by atoms with van der Waals surface area (Å²) in [7, 11) is 0. The number of esters is 1. The second kappa shape index (κ2) is 5.10. The van der Waals surface area contributed by atoms with E-state index in [1.54, 1.807) is 6.92 Å². The number of rotatable bonds is 5. The van der Waals surface area contributed by atoms with Gasteiger partial charge in [0, 0.05) is 17.9 Å². The molecule has 1 saturated heterocycles. The van der Waals surface area contributed by atoms with Crippen LogP contribution in [0.4, 0.5) is 4.39 Å². The molecule has 0 aromatic rings. The maximum Gasteiger partial charge on any atom is 0.333 e. The van der Waals surface area contributed by atoms with Gasteiger partial charge in [0.05, 0.1) is 26.0 Å². The first-order valence-electron chi connectivity index (χ1n) is 4.65. The SMILES string of the molecule is C=C(C)C(=O)OCC1COC1CCF. The summed E-state index contributed by atoms with van der Waals surface area (Å²) < 4.78 is 22.0. The van der Waals surface area contributed by atoms with Gasteiger partial charge in [-0.1, -0.05) is 6.58 Å². The zero-order chi connectivity index (χ0) is 10.6. The monoisotopic (exact) mass is 202 g/mol. The number of ether oxygens (including phenoxy) is 2. The molecule has 1 aliphatic heterocycles. The normalized spacial score (nSPS) is 25.3. The van der Waals surface area contributed by atoms with Crippen LogP contribution in [0.15, 0.2) is 12.2 Å². The quantitative estimate of drug-likeness (QED) is 0.500. The minimum atomic E-state index is -0.393. The van der Waals surface area contributed by atoms with Crippen molar-refractivity contribution in [2.75, 3.05) is 19.9 Å². The van der Waals surface area contributed by atoms with E-state index in [0.29, 0.717) is 25.2 Å². The van der Waals surface area contributed by atoms with Crippen LogP contribution in [-0.4, -0.2) is 32.0 Å². The Kier molecular flexibility index (Phi) is 4.07. The fourth-order valence-electron chi connectivity index (χ4n) is 1.26. The van der Waals surface area contributed by atoms with Crippen molar-refractivity contribution in [1.29, 1.82) is 0 Å². The average Bonchev–Trinajstić information content (AvgIpc) is 2.12. The fourth-order valence-corrected chi connectivity index (χ4v) is 1.26. The van der Waals surface area contributed by atoms with Gasteiger partial charge >= 0.3 is 5.97 Å². The van der Waals surface area contributed by atoms with Crippen molar-refractivity contribution in [3.05, 3.63) is 12.2 Å². The van der Waals surface area contributed by atoms with Crippen LogP contribution in [0, 0.1) is 5.92 Å². The van der Waals surface area contributed by atoms with E-state index in [2.05, 4.69) is 6.58 Å². The largest absolute Gasteiger partial charge is 0.462 e. The zero-order valence-corrected chi connectivity index (χ0v) is 8.29. The molecule has 0 saturated carbocycles. The topological polar surface area (TPSA) is 35.5 Å². The molecule has 4 heteroatoms. The lowest BCUT2D eigenvalue weighted by Crippen LogP contribution is -2.43. The first kappa shape index (κ1) is 11.2. The molecule has 2 unspecified atom stereocenters. The molecule has 14 heavy (non-hydrogen) atoms. The van der Waals surface area contributed by atoms with Crippen molar-refractivity contribution in [2.24, 2.45) is 5.92 Å². The predicted molar refractivity (Wildman–Crippen MR) is 49.6 cm³/mol. The molecule has 1 fully saturated rings. The van der Waals surface area contributed by atoms with Crippen molar-refractivity contribution >= 4 is 5.97 Å². The first-order chi connectivity index (χ1) is 6.65. The van der Waals surface area contributed by atoms with Crippen LogP contribution < -0.4 is 0 Å². The Morgan fingerprint density at radius 2 is 2.43 bits per heavy atom. The van der Waals surface area contributed by atoms with Gasteiger partial charge in [-0.25, -0.2) is 4.79 Å². The predicted octanol–water partition coefficient (Wildman–Crippen LogP) is 1.48. The summed E-state index contributed by atoms with van der Waals surface area (Å²) in [6.07, 6.45) is 0.299. The highest BCUT2D eigenvalue weighted by atomic mass is 19.1. The highest BCUT2D eigenvalue weighted by molar-refractivity contribution is 5.86. The van der Waals surface area contributed by atoms with E-state index in [4.69, 9.17) is 9.47 Å². The molecule has 1 aliphatic rings. The van der Waals surface area contributed by atoms with Gasteiger partial charge in [-0.3, -0.25) is 4.39 Å². The van der Waals surface area contributed by atoms with Crippen molar-refractivity contribution in [3.63, 3.8) is 0 Å². The number of carbonyl (C=O) groups is 1. The number of halogens is 1. The van der Waals surface area contributed by atoms with E-state index in [9.17, 15) is 9.18 Å². The number of carbonyl (C=O) groups excluding carboxylic acids is 1. The molecular formula is C10H15FO3. The molecule has 0 amide bonds. The van der Waals surface area contributed by atoms with Crippen molar-refractivity contribution in [1.82, 2.24) is 0 Å². The van der Waals surface area contributed by atoms with Gasteiger partial charge in [-0.15, -0.1) is 0 Å². The van der Waals surface area contributed by atoms with Crippen LogP contribution in [0.5, 0.6) is 0 Å². The third kappa shape index (κ3) is 2.80. The van der Waals surface area contributed by atoms with Crippen LogP contribution >= 0.6 is 0 Å². The number of alkyl halides is 1. The smallest absolute Gasteiger partial charge is 0.333 e. The Morgan fingerprint density at radius 3 is 2.86 bits per heavy atom. The Morgan fingerprint density at radius 1 is 1.71 bits per heavy atom. The van der Waals surface area contributed by atoms with Crippen LogP contribution in [0.3, 0.4) is 0 Å². The van der Waals surface area contributed by atoms with E-state index in [1.165, 1.54) is 0 Å². The Balaban J connectivity index is 2.19. The molecule has 0 aliphatic carbocycles. The minimum absolute atomic E-state index is 0.0853. The van der Waals surface area contributed by atoms with Gasteiger partial charge in [0.25, 0.3) is 0 Å². The van der Waals surface area contributed by atoms with Crippen molar-refractivity contribution in [3.8, 4) is 0 Å². The number of hydrogen-bond donors (Lipinski definition) is 0. The van der Waals surface area contributed by atoms with Crippen molar-refractivity contribution in [2.45, 2.75) is 19.4 Å². The Bertz CT molecular complexity index is 227. The number of hydrogen-bond acceptors (Lipinski definition) is 3. The van der Waals surface area contributed by atoms with Gasteiger partial charge in [0.15, 0.2) is 0 Å². The zero-order valence-electron chi connectivity index (χ0n) is 8.29. The Hall–Kier alpha value is -0.900. The molecule has 80 valence electrons. The average molecular weight is 202 g/mol. The molecular weight excluding hydrogens is 187 g/mol. The van der Waals surface area contributed by atoms with Crippen molar-refractivity contribution < 1.29 is 18.7 Å². The van der Waals surface area contributed by atoms with Crippen LogP contribution in [0.25, 0.3) is 0 Å². The third-order valence-corrected chi connectivity index (χ3v) is 2.22. The molecule has 0 bridgehead atoms. The standard InChI is InChI=1S/C10H15FO3/c1-7(2)10(12)14-6-8-5-13-9(8)3-4-11/h8-9H,1,3-6H2,2H3. The van der Waals surface area contributed by atoms with Gasteiger partial charge in [-0.2, -0.15) is 0 Å². The van der Waals surface area contributed by atoms with Crippen LogP contribution in [0.1, 0.15) is 13.3 Å². The first-order valence-corrected chi connectivity index (χ1v) is 4.65. The van der Waals surface area contributed by atoms with Crippen LogP contribution in [0.2, 0.25) is 0 Å². The fraction of sp³-hybridized carbons (Fsp3) is 0.700. The second-order valence-electron chi connectivity index (χ2n) is 3.49. The third-order valence-electron chi connectivity index (χ3n) is 2.22. The lowest BCUT2D eigenvalue weighted by Gasteiger charge is -2.35.